The van der Waals surface area contributed by atoms with Gasteiger partial charge in [-0.1, -0.05) is 43.3 Å². The number of ketones is 1. The van der Waals surface area contributed by atoms with Crippen LogP contribution in [-0.2, 0) is 6.54 Å². The topological polar surface area (TPSA) is 52.0 Å². The molecule has 142 valence electrons. The highest BCUT2D eigenvalue weighted by molar-refractivity contribution is 7.99. The quantitative estimate of drug-likeness (QED) is 0.208. The van der Waals surface area contributed by atoms with E-state index in [4.69, 9.17) is 11.6 Å². The van der Waals surface area contributed by atoms with E-state index in [0.717, 1.165) is 17.1 Å². The van der Waals surface area contributed by atoms with Gasteiger partial charge in [0.25, 0.3) is 5.56 Å². The van der Waals surface area contributed by atoms with Gasteiger partial charge in [-0.2, -0.15) is 0 Å². The number of hydrogen-bond donors (Lipinski definition) is 0. The molecule has 4 nitrogen and oxygen atoms in total. The first kappa shape index (κ1) is 20.1. The van der Waals surface area contributed by atoms with Crippen LogP contribution in [-0.4, -0.2) is 21.1 Å². The fourth-order valence-electron chi connectivity index (χ4n) is 2.77. The van der Waals surface area contributed by atoms with Crippen LogP contribution in [0.25, 0.3) is 10.9 Å². The second kappa shape index (κ2) is 9.04. The fraction of sp³-hybridized carbons (Fsp3) is 0.350. The Morgan fingerprint density at radius 1 is 1.33 bits per heavy atom. The van der Waals surface area contributed by atoms with Crippen LogP contribution < -0.4 is 5.56 Å². The van der Waals surface area contributed by atoms with Gasteiger partial charge < -0.3 is 0 Å². The molecule has 0 aliphatic heterocycles. The molecule has 3 rings (SSSR count). The first-order valence-corrected chi connectivity index (χ1v) is 11.1. The lowest BCUT2D eigenvalue weighted by Crippen LogP contribution is -2.25. The molecule has 0 radical (unpaired) electrons. The van der Waals surface area contributed by atoms with Crippen LogP contribution in [0, 0.1) is 5.92 Å². The van der Waals surface area contributed by atoms with Crippen molar-refractivity contribution in [1.82, 2.24) is 9.55 Å². The average Bonchev–Trinajstić information content (AvgIpc) is 3.16. The second-order valence-electron chi connectivity index (χ2n) is 6.72. The van der Waals surface area contributed by atoms with Gasteiger partial charge in [0.05, 0.1) is 15.8 Å². The number of thioether (sulfide) groups is 1. The molecule has 2 aromatic heterocycles. The molecule has 2 heterocycles. The molecule has 1 aromatic carbocycles. The number of aromatic nitrogens is 2. The molecule has 7 heteroatoms. The third kappa shape index (κ3) is 5.00. The highest BCUT2D eigenvalue weighted by atomic mass is 35.5. The first-order valence-electron chi connectivity index (χ1n) is 8.85. The molecule has 0 bridgehead atoms. The van der Waals surface area contributed by atoms with Crippen LogP contribution in [0.3, 0.4) is 0 Å². The number of fused-ring (bicyclic) bond motifs is 1. The lowest BCUT2D eigenvalue weighted by molar-refractivity contribution is 0.0986. The van der Waals surface area contributed by atoms with Crippen molar-refractivity contribution >= 4 is 51.4 Å². The van der Waals surface area contributed by atoms with Gasteiger partial charge in [0.2, 0.25) is 0 Å². The lowest BCUT2D eigenvalue weighted by atomic mass is 10.2. The standard InChI is InChI=1S/C20H21ClN2O2S2/c1-13(2)12-23-19(25)15-11-14(21)7-8-16(15)22-20(23)27-10-3-5-17(24)18-6-4-9-26-18/h4,6-9,11,13H,3,5,10,12H2,1-2H3. The average molecular weight is 421 g/mol. The van der Waals surface area contributed by atoms with E-state index in [2.05, 4.69) is 18.8 Å². The van der Waals surface area contributed by atoms with E-state index in [0.29, 0.717) is 40.0 Å². The van der Waals surface area contributed by atoms with Gasteiger partial charge in [0.15, 0.2) is 10.9 Å². The Balaban J connectivity index is 1.77. The van der Waals surface area contributed by atoms with Gasteiger partial charge in [0, 0.05) is 23.7 Å². The molecule has 0 saturated carbocycles. The Kier molecular flexibility index (Phi) is 6.73. The Labute approximate surface area is 171 Å². The summed E-state index contributed by atoms with van der Waals surface area (Å²) in [6.07, 6.45) is 1.25. The lowest BCUT2D eigenvalue weighted by Gasteiger charge is -2.15. The molecule has 27 heavy (non-hydrogen) atoms. The molecule has 3 aromatic rings. The molecule has 0 aliphatic carbocycles. The van der Waals surface area contributed by atoms with Gasteiger partial charge in [-0.25, -0.2) is 4.98 Å². The summed E-state index contributed by atoms with van der Waals surface area (Å²) >= 11 is 9.06. The number of carbonyl (C=O) groups is 1. The monoisotopic (exact) mass is 420 g/mol. The van der Waals surface area contributed by atoms with Crippen molar-refractivity contribution in [3.05, 3.63) is 56.0 Å². The Morgan fingerprint density at radius 3 is 2.85 bits per heavy atom. The van der Waals surface area contributed by atoms with Crippen molar-refractivity contribution in [2.45, 2.75) is 38.4 Å². The van der Waals surface area contributed by atoms with Crippen LogP contribution in [0.4, 0.5) is 0 Å². The summed E-state index contributed by atoms with van der Waals surface area (Å²) in [4.78, 5) is 30.5. The number of Topliss-reactive ketones (excluding diaryl/α,β-unsaturated/α-hetero) is 1. The number of hydrogen-bond acceptors (Lipinski definition) is 5. The zero-order valence-corrected chi connectivity index (χ0v) is 17.7. The highest BCUT2D eigenvalue weighted by Crippen LogP contribution is 2.22. The van der Waals surface area contributed by atoms with E-state index in [9.17, 15) is 9.59 Å². The van der Waals surface area contributed by atoms with Gasteiger partial charge in [-0.3, -0.25) is 14.2 Å². The maximum atomic E-state index is 12.9. The van der Waals surface area contributed by atoms with Crippen LogP contribution in [0.1, 0.15) is 36.4 Å². The Morgan fingerprint density at radius 2 is 2.15 bits per heavy atom. The molecule has 0 unspecified atom stereocenters. The first-order chi connectivity index (χ1) is 13.0. The predicted molar refractivity (Wildman–Crippen MR) is 114 cm³/mol. The number of nitrogens with zero attached hydrogens (tertiary/aromatic N) is 2. The molecular weight excluding hydrogens is 400 g/mol. The number of rotatable bonds is 8. The van der Waals surface area contributed by atoms with Crippen molar-refractivity contribution < 1.29 is 4.79 Å². The Hall–Kier alpha value is -1.63. The summed E-state index contributed by atoms with van der Waals surface area (Å²) in [5.74, 6) is 1.23. The zero-order chi connectivity index (χ0) is 19.4. The normalized spacial score (nSPS) is 11.4. The summed E-state index contributed by atoms with van der Waals surface area (Å²) in [5.41, 5.74) is 0.593. The van der Waals surface area contributed by atoms with E-state index >= 15 is 0 Å². The maximum absolute atomic E-state index is 12.9. The maximum Gasteiger partial charge on any atom is 0.262 e. The van der Waals surface area contributed by atoms with Gasteiger partial charge in [-0.15, -0.1) is 11.3 Å². The van der Waals surface area contributed by atoms with Gasteiger partial charge in [-0.05, 0) is 42.0 Å². The van der Waals surface area contributed by atoms with Gasteiger partial charge >= 0.3 is 0 Å². The van der Waals surface area contributed by atoms with Crippen LogP contribution in [0.5, 0.6) is 0 Å². The van der Waals surface area contributed by atoms with E-state index in [1.807, 2.05) is 17.5 Å². The summed E-state index contributed by atoms with van der Waals surface area (Å²) in [7, 11) is 0. The minimum Gasteiger partial charge on any atom is -0.293 e. The molecule has 0 N–H and O–H groups in total. The smallest absolute Gasteiger partial charge is 0.262 e. The third-order valence-corrected chi connectivity index (χ3v) is 6.21. The summed E-state index contributed by atoms with van der Waals surface area (Å²) in [6, 6.07) is 8.95. The van der Waals surface area contributed by atoms with Crippen molar-refractivity contribution in [2.75, 3.05) is 5.75 Å². The van der Waals surface area contributed by atoms with Crippen LogP contribution in [0.15, 0.2) is 45.7 Å². The molecule has 0 spiro atoms. The van der Waals surface area contributed by atoms with Crippen LogP contribution >= 0.6 is 34.7 Å². The minimum atomic E-state index is -0.0617. The van der Waals surface area contributed by atoms with Crippen molar-refractivity contribution in [1.29, 1.82) is 0 Å². The largest absolute Gasteiger partial charge is 0.293 e. The summed E-state index contributed by atoms with van der Waals surface area (Å²) in [5, 5.41) is 3.69. The minimum absolute atomic E-state index is 0.0617. The third-order valence-electron chi connectivity index (χ3n) is 4.00. The molecule has 0 saturated heterocycles. The molecule has 0 amide bonds. The van der Waals surface area contributed by atoms with Crippen molar-refractivity contribution in [3.63, 3.8) is 0 Å². The zero-order valence-electron chi connectivity index (χ0n) is 15.3. The number of carbonyl (C=O) groups excluding carboxylic acids is 1. The fourth-order valence-corrected chi connectivity index (χ4v) is 4.58. The summed E-state index contributed by atoms with van der Waals surface area (Å²) in [6.45, 7) is 4.75. The molecule has 0 fully saturated rings. The molecular formula is C20H21ClN2O2S2. The number of benzene rings is 1. The van der Waals surface area contributed by atoms with E-state index in [-0.39, 0.29) is 11.3 Å². The van der Waals surface area contributed by atoms with Crippen molar-refractivity contribution in [2.24, 2.45) is 5.92 Å². The Bertz CT molecular complexity index is 997. The number of halogens is 1. The van der Waals surface area contributed by atoms with E-state index in [1.54, 1.807) is 22.8 Å². The molecule has 0 atom stereocenters. The summed E-state index contributed by atoms with van der Waals surface area (Å²) < 4.78 is 1.73. The number of thiophene rings is 1. The highest BCUT2D eigenvalue weighted by Gasteiger charge is 2.14. The van der Waals surface area contributed by atoms with Crippen molar-refractivity contribution in [3.8, 4) is 0 Å². The predicted octanol–water partition coefficient (Wildman–Crippen LogP) is 5.52. The van der Waals surface area contributed by atoms with Gasteiger partial charge in [0.1, 0.15) is 0 Å². The van der Waals surface area contributed by atoms with E-state index < -0.39 is 0 Å². The SMILES string of the molecule is CC(C)Cn1c(SCCCC(=O)c2cccs2)nc2ccc(Cl)cc2c1=O. The van der Waals surface area contributed by atoms with Crippen LogP contribution in [0.2, 0.25) is 5.02 Å². The molecule has 0 aliphatic rings. The second-order valence-corrected chi connectivity index (χ2v) is 9.16. The van der Waals surface area contributed by atoms with E-state index in [1.165, 1.54) is 23.1 Å².